The molecule has 0 saturated carbocycles. The summed E-state index contributed by atoms with van der Waals surface area (Å²) in [6.07, 6.45) is 0. The van der Waals surface area contributed by atoms with E-state index in [9.17, 15) is 4.79 Å². The van der Waals surface area contributed by atoms with Crippen LogP contribution in [0.1, 0.15) is 13.8 Å². The number of nitrogens with two attached hydrogens (primary N) is 1. The summed E-state index contributed by atoms with van der Waals surface area (Å²) in [4.78, 5) is 12.1. The van der Waals surface area contributed by atoms with Crippen LogP contribution < -0.4 is 15.8 Å². The third kappa shape index (κ3) is 4.07. The number of anilines is 1. The van der Waals surface area contributed by atoms with Crippen LogP contribution in [0.25, 0.3) is 0 Å². The van der Waals surface area contributed by atoms with Crippen molar-refractivity contribution in [1.82, 2.24) is 0 Å². The Bertz CT molecular complexity index is 597. The number of amides is 1. The fourth-order valence-corrected chi connectivity index (χ4v) is 1.76. The monoisotopic (exact) mass is 284 g/mol. The maximum atomic E-state index is 12.1. The van der Waals surface area contributed by atoms with E-state index in [1.165, 1.54) is 0 Å². The minimum absolute atomic E-state index is 0.117. The van der Waals surface area contributed by atoms with E-state index in [0.717, 1.165) is 5.75 Å². The molecule has 0 aliphatic heterocycles. The maximum Gasteiger partial charge on any atom is 0.228 e. The largest absolute Gasteiger partial charge is 0.455 e. The van der Waals surface area contributed by atoms with Gasteiger partial charge in [0.15, 0.2) is 5.75 Å². The molecule has 1 amide bonds. The molecule has 2 atom stereocenters. The zero-order chi connectivity index (χ0) is 15.2. The van der Waals surface area contributed by atoms with Crippen molar-refractivity contribution in [3.05, 3.63) is 54.6 Å². The van der Waals surface area contributed by atoms with Crippen molar-refractivity contribution in [3.63, 3.8) is 0 Å². The van der Waals surface area contributed by atoms with Gasteiger partial charge in [-0.2, -0.15) is 0 Å². The van der Waals surface area contributed by atoms with Crippen molar-refractivity contribution in [3.8, 4) is 11.5 Å². The highest BCUT2D eigenvalue weighted by Gasteiger charge is 2.18. The number of carbonyl (C=O) groups excluding carboxylic acids is 1. The van der Waals surface area contributed by atoms with E-state index in [-0.39, 0.29) is 17.9 Å². The van der Waals surface area contributed by atoms with E-state index < -0.39 is 0 Å². The zero-order valence-corrected chi connectivity index (χ0v) is 12.2. The molecular weight excluding hydrogens is 264 g/mol. The molecule has 0 saturated heterocycles. The predicted molar refractivity (Wildman–Crippen MR) is 84.4 cm³/mol. The number of ether oxygens (including phenoxy) is 1. The Morgan fingerprint density at radius 1 is 1.05 bits per heavy atom. The molecule has 0 aromatic heterocycles. The van der Waals surface area contributed by atoms with Crippen LogP contribution in [0.5, 0.6) is 11.5 Å². The molecule has 0 spiro atoms. The number of nitrogens with one attached hydrogen (secondary N) is 1. The number of para-hydroxylation sites is 3. The van der Waals surface area contributed by atoms with E-state index in [0.29, 0.717) is 11.4 Å². The van der Waals surface area contributed by atoms with Gasteiger partial charge < -0.3 is 15.8 Å². The van der Waals surface area contributed by atoms with Crippen LogP contribution in [0.2, 0.25) is 0 Å². The van der Waals surface area contributed by atoms with Crippen molar-refractivity contribution in [2.75, 3.05) is 5.32 Å². The summed E-state index contributed by atoms with van der Waals surface area (Å²) >= 11 is 0. The molecule has 110 valence electrons. The van der Waals surface area contributed by atoms with Crippen molar-refractivity contribution >= 4 is 11.6 Å². The minimum atomic E-state index is -0.269. The minimum Gasteiger partial charge on any atom is -0.455 e. The molecule has 4 nitrogen and oxygen atoms in total. The van der Waals surface area contributed by atoms with Gasteiger partial charge in [-0.15, -0.1) is 0 Å². The first-order valence-corrected chi connectivity index (χ1v) is 6.96. The maximum absolute atomic E-state index is 12.1. The van der Waals surface area contributed by atoms with Crippen LogP contribution in [-0.2, 0) is 4.79 Å². The lowest BCUT2D eigenvalue weighted by molar-refractivity contribution is -0.119. The molecule has 2 unspecified atom stereocenters. The standard InChI is InChI=1S/C17H20N2O2/c1-12(13(2)18)17(20)19-15-10-6-7-11-16(15)21-14-8-4-3-5-9-14/h3-13H,18H2,1-2H3,(H,19,20). The molecule has 0 heterocycles. The van der Waals surface area contributed by atoms with E-state index in [2.05, 4.69) is 5.32 Å². The van der Waals surface area contributed by atoms with Gasteiger partial charge in [0, 0.05) is 6.04 Å². The molecule has 4 heteroatoms. The lowest BCUT2D eigenvalue weighted by Gasteiger charge is -2.17. The molecule has 0 radical (unpaired) electrons. The average molecular weight is 284 g/mol. The molecule has 3 N–H and O–H groups in total. The average Bonchev–Trinajstić information content (AvgIpc) is 2.49. The van der Waals surface area contributed by atoms with Gasteiger partial charge in [0.1, 0.15) is 5.75 Å². The summed E-state index contributed by atoms with van der Waals surface area (Å²) < 4.78 is 5.80. The molecule has 0 fully saturated rings. The van der Waals surface area contributed by atoms with Crippen LogP contribution in [0.3, 0.4) is 0 Å². The molecule has 21 heavy (non-hydrogen) atoms. The van der Waals surface area contributed by atoms with Crippen molar-refractivity contribution in [1.29, 1.82) is 0 Å². The Morgan fingerprint density at radius 3 is 2.33 bits per heavy atom. The van der Waals surface area contributed by atoms with Gasteiger partial charge in [0.05, 0.1) is 11.6 Å². The van der Waals surface area contributed by atoms with Crippen LogP contribution >= 0.6 is 0 Å². The molecule has 2 aromatic rings. The number of rotatable bonds is 5. The summed E-state index contributed by atoms with van der Waals surface area (Å²) in [7, 11) is 0. The summed E-state index contributed by atoms with van der Waals surface area (Å²) in [5.41, 5.74) is 6.40. The Morgan fingerprint density at radius 2 is 1.67 bits per heavy atom. The summed E-state index contributed by atoms with van der Waals surface area (Å²) in [5, 5.41) is 2.87. The Labute approximate surface area is 124 Å². The zero-order valence-electron chi connectivity index (χ0n) is 12.2. The predicted octanol–water partition coefficient (Wildman–Crippen LogP) is 3.40. The lowest BCUT2D eigenvalue weighted by Crippen LogP contribution is -2.34. The van der Waals surface area contributed by atoms with Crippen LogP contribution in [0.4, 0.5) is 5.69 Å². The quantitative estimate of drug-likeness (QED) is 0.884. The topological polar surface area (TPSA) is 64.4 Å². The van der Waals surface area contributed by atoms with Crippen molar-refractivity contribution in [2.24, 2.45) is 11.7 Å². The van der Waals surface area contributed by atoms with Crippen LogP contribution in [0.15, 0.2) is 54.6 Å². The number of hydrogen-bond acceptors (Lipinski definition) is 3. The highest BCUT2D eigenvalue weighted by Crippen LogP contribution is 2.29. The van der Waals surface area contributed by atoms with Gasteiger partial charge in [-0.05, 0) is 31.2 Å². The molecular formula is C17H20N2O2. The SMILES string of the molecule is CC(N)C(C)C(=O)Nc1ccccc1Oc1ccccc1. The van der Waals surface area contributed by atoms with E-state index in [4.69, 9.17) is 10.5 Å². The smallest absolute Gasteiger partial charge is 0.228 e. The second-order valence-corrected chi connectivity index (χ2v) is 5.05. The van der Waals surface area contributed by atoms with Crippen molar-refractivity contribution in [2.45, 2.75) is 19.9 Å². The van der Waals surface area contributed by atoms with Gasteiger partial charge >= 0.3 is 0 Å². The summed E-state index contributed by atoms with van der Waals surface area (Å²) in [5.74, 6) is 0.942. The van der Waals surface area contributed by atoms with E-state index >= 15 is 0 Å². The fraction of sp³-hybridized carbons (Fsp3) is 0.235. The first kappa shape index (κ1) is 15.1. The Kier molecular flexibility index (Phi) is 4.95. The highest BCUT2D eigenvalue weighted by molar-refractivity contribution is 5.94. The van der Waals surface area contributed by atoms with E-state index in [1.54, 1.807) is 6.92 Å². The molecule has 2 rings (SSSR count). The summed E-state index contributed by atoms with van der Waals surface area (Å²) in [6, 6.07) is 16.6. The second kappa shape index (κ2) is 6.90. The van der Waals surface area contributed by atoms with Gasteiger partial charge in [-0.25, -0.2) is 0 Å². The lowest BCUT2D eigenvalue weighted by atomic mass is 10.0. The molecule has 0 aliphatic rings. The number of hydrogen-bond donors (Lipinski definition) is 2. The van der Waals surface area contributed by atoms with E-state index in [1.807, 2.05) is 61.5 Å². The van der Waals surface area contributed by atoms with Gasteiger partial charge in [-0.1, -0.05) is 37.3 Å². The molecule has 2 aromatic carbocycles. The Hall–Kier alpha value is -2.33. The third-order valence-electron chi connectivity index (χ3n) is 3.32. The first-order chi connectivity index (χ1) is 10.1. The van der Waals surface area contributed by atoms with Crippen LogP contribution in [-0.4, -0.2) is 11.9 Å². The van der Waals surface area contributed by atoms with Crippen molar-refractivity contribution < 1.29 is 9.53 Å². The van der Waals surface area contributed by atoms with Gasteiger partial charge in [0.2, 0.25) is 5.91 Å². The number of benzene rings is 2. The molecule has 0 aliphatic carbocycles. The highest BCUT2D eigenvalue weighted by atomic mass is 16.5. The van der Waals surface area contributed by atoms with Crippen LogP contribution in [0, 0.1) is 5.92 Å². The fourth-order valence-electron chi connectivity index (χ4n) is 1.76. The normalized spacial score (nSPS) is 13.3. The number of carbonyl (C=O) groups is 1. The second-order valence-electron chi connectivity index (χ2n) is 5.05. The third-order valence-corrected chi connectivity index (χ3v) is 3.32. The van der Waals surface area contributed by atoms with Gasteiger partial charge in [0.25, 0.3) is 0 Å². The Balaban J connectivity index is 2.16. The first-order valence-electron chi connectivity index (χ1n) is 6.96. The summed E-state index contributed by atoms with van der Waals surface area (Å²) in [6.45, 7) is 3.62. The molecule has 0 bridgehead atoms. The van der Waals surface area contributed by atoms with Gasteiger partial charge in [-0.3, -0.25) is 4.79 Å².